The van der Waals surface area contributed by atoms with E-state index in [0.717, 1.165) is 25.2 Å². The predicted molar refractivity (Wildman–Crippen MR) is 75.2 cm³/mol. The highest BCUT2D eigenvalue weighted by molar-refractivity contribution is 5.78. The van der Waals surface area contributed by atoms with Crippen LogP contribution >= 0.6 is 0 Å². The van der Waals surface area contributed by atoms with E-state index in [9.17, 15) is 9.90 Å². The Labute approximate surface area is 115 Å². The molecule has 1 heterocycles. The minimum absolute atomic E-state index is 0.153. The zero-order valence-corrected chi connectivity index (χ0v) is 12.3. The molecule has 108 valence electrons. The average molecular weight is 267 g/mol. The van der Waals surface area contributed by atoms with Crippen LogP contribution in [0, 0.1) is 0 Å². The maximum atomic E-state index is 11.4. The van der Waals surface area contributed by atoms with Crippen molar-refractivity contribution in [2.45, 2.75) is 65.1 Å². The summed E-state index contributed by atoms with van der Waals surface area (Å²) in [5, 5.41) is 12.5. The van der Waals surface area contributed by atoms with Crippen LogP contribution in [0.25, 0.3) is 0 Å². The Hall–Kier alpha value is -1.36. The van der Waals surface area contributed by atoms with Gasteiger partial charge in [-0.05, 0) is 33.6 Å². The van der Waals surface area contributed by atoms with E-state index in [4.69, 9.17) is 0 Å². The van der Waals surface area contributed by atoms with Crippen molar-refractivity contribution in [1.29, 1.82) is 0 Å². The predicted octanol–water partition coefficient (Wildman–Crippen LogP) is 2.07. The molecule has 1 rings (SSSR count). The van der Waals surface area contributed by atoms with Crippen molar-refractivity contribution >= 4 is 5.97 Å². The molecule has 19 heavy (non-hydrogen) atoms. The molecular weight excluding hydrogens is 242 g/mol. The monoisotopic (exact) mass is 267 g/mol. The zero-order chi connectivity index (χ0) is 14.5. The lowest BCUT2D eigenvalue weighted by Gasteiger charge is -2.28. The highest BCUT2D eigenvalue weighted by atomic mass is 16.4. The first-order chi connectivity index (χ1) is 8.89. The lowest BCUT2D eigenvalue weighted by atomic mass is 9.95. The fourth-order valence-electron chi connectivity index (χ4n) is 2.34. The fraction of sp³-hybridized carbons (Fsp3) is 0.714. The SMILES string of the molecule is CCc1nccn1CCCC(C)(NC(C)C)C(=O)O. The molecule has 1 aromatic rings. The number of carboxylic acids is 1. The Balaban J connectivity index is 2.56. The van der Waals surface area contributed by atoms with Gasteiger partial charge in [0.05, 0.1) is 0 Å². The molecule has 1 unspecified atom stereocenters. The van der Waals surface area contributed by atoms with Gasteiger partial charge in [0.2, 0.25) is 0 Å². The van der Waals surface area contributed by atoms with Crippen LogP contribution in [0.1, 0.15) is 46.4 Å². The first kappa shape index (κ1) is 15.7. The van der Waals surface area contributed by atoms with Crippen LogP contribution in [-0.4, -0.2) is 32.2 Å². The number of carboxylic acid groups (broad SMARTS) is 1. The molecule has 0 aliphatic carbocycles. The first-order valence-electron chi connectivity index (χ1n) is 6.90. The van der Waals surface area contributed by atoms with Crippen molar-refractivity contribution in [3.63, 3.8) is 0 Å². The number of aliphatic carboxylic acids is 1. The number of hydrogen-bond acceptors (Lipinski definition) is 3. The average Bonchev–Trinajstić information content (AvgIpc) is 2.75. The minimum atomic E-state index is -0.860. The highest BCUT2D eigenvalue weighted by Crippen LogP contribution is 2.15. The Morgan fingerprint density at radius 3 is 2.79 bits per heavy atom. The van der Waals surface area contributed by atoms with Crippen LogP contribution in [0.5, 0.6) is 0 Å². The number of rotatable bonds is 8. The van der Waals surface area contributed by atoms with Crippen LogP contribution < -0.4 is 5.32 Å². The third-order valence-electron chi connectivity index (χ3n) is 3.27. The van der Waals surface area contributed by atoms with E-state index in [1.54, 1.807) is 13.1 Å². The van der Waals surface area contributed by atoms with Crippen LogP contribution in [-0.2, 0) is 17.8 Å². The van der Waals surface area contributed by atoms with Crippen molar-refractivity contribution in [3.05, 3.63) is 18.2 Å². The van der Waals surface area contributed by atoms with Gasteiger partial charge in [0.1, 0.15) is 11.4 Å². The number of imidazole rings is 1. The highest BCUT2D eigenvalue weighted by Gasteiger charge is 2.32. The lowest BCUT2D eigenvalue weighted by Crippen LogP contribution is -2.52. The molecule has 1 atom stereocenters. The second-order valence-corrected chi connectivity index (χ2v) is 5.43. The summed E-state index contributed by atoms with van der Waals surface area (Å²) in [4.78, 5) is 15.7. The van der Waals surface area contributed by atoms with Gasteiger partial charge in [0, 0.05) is 31.4 Å². The molecule has 0 amide bonds. The summed E-state index contributed by atoms with van der Waals surface area (Å²) in [5.41, 5.74) is -0.860. The fourth-order valence-corrected chi connectivity index (χ4v) is 2.34. The van der Waals surface area contributed by atoms with Gasteiger partial charge in [-0.1, -0.05) is 6.92 Å². The van der Waals surface area contributed by atoms with Crippen molar-refractivity contribution in [1.82, 2.24) is 14.9 Å². The number of nitrogens with zero attached hydrogens (tertiary/aromatic N) is 2. The van der Waals surface area contributed by atoms with Crippen molar-refractivity contribution in [2.24, 2.45) is 0 Å². The van der Waals surface area contributed by atoms with Gasteiger partial charge in [-0.25, -0.2) is 4.98 Å². The van der Waals surface area contributed by atoms with Crippen LogP contribution in [0.15, 0.2) is 12.4 Å². The molecule has 0 radical (unpaired) electrons. The van der Waals surface area contributed by atoms with Gasteiger partial charge in [0.15, 0.2) is 0 Å². The normalized spacial score (nSPS) is 14.6. The molecule has 5 nitrogen and oxygen atoms in total. The Kier molecular flexibility index (Phi) is 5.54. The lowest BCUT2D eigenvalue weighted by molar-refractivity contribution is -0.144. The summed E-state index contributed by atoms with van der Waals surface area (Å²) < 4.78 is 2.09. The Bertz CT molecular complexity index is 415. The number of aryl methyl sites for hydroxylation is 2. The van der Waals surface area contributed by atoms with Crippen molar-refractivity contribution < 1.29 is 9.90 Å². The Morgan fingerprint density at radius 2 is 2.26 bits per heavy atom. The summed E-state index contributed by atoms with van der Waals surface area (Å²) in [5.74, 6) is 0.261. The second-order valence-electron chi connectivity index (χ2n) is 5.43. The van der Waals surface area contributed by atoms with Crippen LogP contribution in [0.4, 0.5) is 0 Å². The largest absolute Gasteiger partial charge is 0.480 e. The molecule has 0 aliphatic rings. The summed E-state index contributed by atoms with van der Waals surface area (Å²) in [6.45, 7) is 8.56. The zero-order valence-electron chi connectivity index (χ0n) is 12.3. The van der Waals surface area contributed by atoms with Crippen LogP contribution in [0.2, 0.25) is 0 Å². The molecule has 0 aliphatic heterocycles. The molecule has 0 saturated carbocycles. The topological polar surface area (TPSA) is 67.2 Å². The van der Waals surface area contributed by atoms with E-state index in [-0.39, 0.29) is 6.04 Å². The van der Waals surface area contributed by atoms with Gasteiger partial charge in [-0.15, -0.1) is 0 Å². The molecule has 2 N–H and O–H groups in total. The number of aromatic nitrogens is 2. The molecular formula is C14H25N3O2. The van der Waals surface area contributed by atoms with Gasteiger partial charge >= 0.3 is 5.97 Å². The van der Waals surface area contributed by atoms with E-state index in [1.807, 2.05) is 20.0 Å². The van der Waals surface area contributed by atoms with E-state index >= 15 is 0 Å². The molecule has 1 aromatic heterocycles. The second kappa shape index (κ2) is 6.70. The number of nitrogens with one attached hydrogen (secondary N) is 1. The van der Waals surface area contributed by atoms with E-state index < -0.39 is 11.5 Å². The summed E-state index contributed by atoms with van der Waals surface area (Å²) >= 11 is 0. The first-order valence-corrected chi connectivity index (χ1v) is 6.90. The third-order valence-corrected chi connectivity index (χ3v) is 3.27. The molecule has 0 fully saturated rings. The molecule has 0 saturated heterocycles. The van der Waals surface area contributed by atoms with E-state index in [0.29, 0.717) is 6.42 Å². The summed E-state index contributed by atoms with van der Waals surface area (Å²) in [6.07, 6.45) is 6.05. The quantitative estimate of drug-likeness (QED) is 0.756. The third kappa shape index (κ3) is 4.35. The maximum absolute atomic E-state index is 11.4. The van der Waals surface area contributed by atoms with Crippen molar-refractivity contribution in [2.75, 3.05) is 0 Å². The van der Waals surface area contributed by atoms with Crippen LogP contribution in [0.3, 0.4) is 0 Å². The van der Waals surface area contributed by atoms with Gasteiger partial charge in [-0.2, -0.15) is 0 Å². The maximum Gasteiger partial charge on any atom is 0.323 e. The van der Waals surface area contributed by atoms with Gasteiger partial charge in [-0.3, -0.25) is 10.1 Å². The molecule has 5 heteroatoms. The van der Waals surface area contributed by atoms with Gasteiger partial charge < -0.3 is 9.67 Å². The molecule has 0 aromatic carbocycles. The summed E-state index contributed by atoms with van der Waals surface area (Å²) in [7, 11) is 0. The van der Waals surface area contributed by atoms with E-state index in [1.165, 1.54) is 0 Å². The smallest absolute Gasteiger partial charge is 0.323 e. The minimum Gasteiger partial charge on any atom is -0.480 e. The van der Waals surface area contributed by atoms with E-state index in [2.05, 4.69) is 21.8 Å². The number of hydrogen-bond donors (Lipinski definition) is 2. The summed E-state index contributed by atoms with van der Waals surface area (Å²) in [6, 6.07) is 0.153. The number of carbonyl (C=O) groups is 1. The molecule has 0 spiro atoms. The Morgan fingerprint density at radius 1 is 1.58 bits per heavy atom. The molecule has 0 bridgehead atoms. The van der Waals surface area contributed by atoms with Gasteiger partial charge in [0.25, 0.3) is 0 Å². The standard InChI is InChI=1S/C14H25N3O2/c1-5-12-15-8-10-17(12)9-6-7-14(4,13(18)19)16-11(2)3/h8,10-11,16H,5-7,9H2,1-4H3,(H,18,19). The van der Waals surface area contributed by atoms with Crippen molar-refractivity contribution in [3.8, 4) is 0 Å².